The Hall–Kier alpha value is -2.04. The van der Waals surface area contributed by atoms with Gasteiger partial charge in [-0.3, -0.25) is 0 Å². The second-order valence-electron chi connectivity index (χ2n) is 11.8. The number of nitrogens with zero attached hydrogens (tertiary/aromatic N) is 2. The Labute approximate surface area is 190 Å². The molecule has 2 heterocycles. The topological polar surface area (TPSA) is 25.8 Å². The molecule has 0 atom stereocenters. The van der Waals surface area contributed by atoms with Crippen LogP contribution in [0.1, 0.15) is 50.6 Å². The van der Waals surface area contributed by atoms with Crippen molar-refractivity contribution < 1.29 is 0 Å². The van der Waals surface area contributed by atoms with Gasteiger partial charge in [-0.05, 0) is 45.0 Å². The summed E-state index contributed by atoms with van der Waals surface area (Å²) in [4.78, 5) is 12.2. The lowest BCUT2D eigenvalue weighted by Gasteiger charge is -2.39. The van der Waals surface area contributed by atoms with Crippen LogP contribution < -0.4 is 5.19 Å². The van der Waals surface area contributed by atoms with Gasteiger partial charge < -0.3 is 0 Å². The number of thiophene rings is 1. The second-order valence-corrected chi connectivity index (χ2v) is 17.9. The summed E-state index contributed by atoms with van der Waals surface area (Å²) in [6.45, 7) is 19.3. The number of benzene rings is 2. The zero-order valence-corrected chi connectivity index (χ0v) is 21.8. The van der Waals surface area contributed by atoms with Gasteiger partial charge in [0.1, 0.15) is 11.2 Å². The van der Waals surface area contributed by atoms with E-state index in [2.05, 4.69) is 84.6 Å². The van der Waals surface area contributed by atoms with E-state index in [4.69, 9.17) is 9.97 Å². The van der Waals surface area contributed by atoms with Crippen LogP contribution in [-0.4, -0.2) is 18.0 Å². The number of fused-ring (bicyclic) bond motifs is 3. The predicted octanol–water partition coefficient (Wildman–Crippen LogP) is 7.28. The largest absolute Gasteiger partial charge is 0.236 e. The molecule has 2 aromatic heterocycles. The fourth-order valence-corrected chi connectivity index (χ4v) is 9.37. The van der Waals surface area contributed by atoms with Crippen LogP contribution in [0.25, 0.3) is 32.2 Å². The van der Waals surface area contributed by atoms with Gasteiger partial charge in [0.25, 0.3) is 0 Å². The predicted molar refractivity (Wildman–Crippen MR) is 139 cm³/mol. The summed E-state index contributed by atoms with van der Waals surface area (Å²) in [5, 5.41) is 5.64. The van der Waals surface area contributed by atoms with Crippen molar-refractivity contribution in [2.75, 3.05) is 0 Å². The Morgan fingerprint density at radius 3 is 2.39 bits per heavy atom. The zero-order valence-electron chi connectivity index (χ0n) is 20.0. The highest BCUT2D eigenvalue weighted by Gasteiger charge is 2.42. The van der Waals surface area contributed by atoms with E-state index in [1.165, 1.54) is 37.7 Å². The molecular formula is C27H32N2SSi. The second kappa shape index (κ2) is 6.49. The summed E-state index contributed by atoms with van der Waals surface area (Å²) in [5.74, 6) is 0. The first-order chi connectivity index (χ1) is 14.4. The maximum atomic E-state index is 4.90. The van der Waals surface area contributed by atoms with Gasteiger partial charge in [0.15, 0.2) is 0 Å². The normalized spacial score (nSPS) is 15.5. The first-order valence-electron chi connectivity index (χ1n) is 11.2. The molecule has 160 valence electrons. The number of hydrogen-bond donors (Lipinski definition) is 0. The SMILES string of the molecule is CC(C)(C)Cc1sc2ncnc3c2c1C(C)(C)c1c-3cc2ccccc2c1[Si](C)(C)C. The third-order valence-electron chi connectivity index (χ3n) is 6.56. The molecule has 4 heteroatoms. The molecule has 0 fully saturated rings. The molecule has 0 bridgehead atoms. The molecule has 0 radical (unpaired) electrons. The molecule has 0 spiro atoms. The monoisotopic (exact) mass is 444 g/mol. The highest BCUT2D eigenvalue weighted by atomic mass is 32.1. The third kappa shape index (κ3) is 3.10. The molecule has 0 saturated carbocycles. The molecule has 0 amide bonds. The van der Waals surface area contributed by atoms with Crippen molar-refractivity contribution >= 4 is 45.6 Å². The van der Waals surface area contributed by atoms with Crippen LogP contribution in [-0.2, 0) is 11.8 Å². The fraction of sp³-hybridized carbons (Fsp3) is 0.407. The first-order valence-corrected chi connectivity index (χ1v) is 15.6. The summed E-state index contributed by atoms with van der Waals surface area (Å²) in [7, 11) is -1.65. The van der Waals surface area contributed by atoms with Crippen molar-refractivity contribution in [3.05, 3.63) is 52.7 Å². The molecule has 4 aromatic rings. The fourth-order valence-electron chi connectivity index (χ4n) is 5.54. The Balaban J connectivity index is 1.99. The quantitative estimate of drug-likeness (QED) is 0.303. The number of rotatable bonds is 2. The maximum Gasteiger partial charge on any atom is 0.127 e. The summed E-state index contributed by atoms with van der Waals surface area (Å²) >= 11 is 1.88. The smallest absolute Gasteiger partial charge is 0.127 e. The van der Waals surface area contributed by atoms with Crippen LogP contribution >= 0.6 is 11.3 Å². The molecule has 0 aliphatic heterocycles. The molecule has 0 N–H and O–H groups in total. The highest BCUT2D eigenvalue weighted by Crippen LogP contribution is 2.52. The van der Waals surface area contributed by atoms with Crippen LogP contribution in [0.5, 0.6) is 0 Å². The number of aromatic nitrogens is 2. The summed E-state index contributed by atoms with van der Waals surface area (Å²) in [6, 6.07) is 11.3. The van der Waals surface area contributed by atoms with Gasteiger partial charge in [-0.25, -0.2) is 9.97 Å². The molecule has 1 aliphatic rings. The van der Waals surface area contributed by atoms with Gasteiger partial charge in [0, 0.05) is 21.2 Å². The van der Waals surface area contributed by atoms with Crippen molar-refractivity contribution in [2.24, 2.45) is 5.41 Å². The van der Waals surface area contributed by atoms with E-state index < -0.39 is 8.07 Å². The van der Waals surface area contributed by atoms with Crippen LogP contribution in [0, 0.1) is 5.41 Å². The molecule has 2 nitrogen and oxygen atoms in total. The maximum absolute atomic E-state index is 4.90. The van der Waals surface area contributed by atoms with E-state index in [1.807, 2.05) is 11.3 Å². The molecule has 5 rings (SSSR count). The zero-order chi connectivity index (χ0) is 22.3. The van der Waals surface area contributed by atoms with Crippen molar-refractivity contribution in [1.29, 1.82) is 0 Å². The molecule has 1 aliphatic carbocycles. The van der Waals surface area contributed by atoms with Crippen LogP contribution in [0.15, 0.2) is 36.7 Å². The van der Waals surface area contributed by atoms with Gasteiger partial charge in [-0.1, -0.05) is 78.5 Å². The van der Waals surface area contributed by atoms with E-state index in [0.717, 1.165) is 16.9 Å². The lowest BCUT2D eigenvalue weighted by molar-refractivity contribution is 0.411. The summed E-state index contributed by atoms with van der Waals surface area (Å²) in [5.41, 5.74) is 5.58. The first kappa shape index (κ1) is 20.8. The Morgan fingerprint density at radius 2 is 1.71 bits per heavy atom. The average Bonchev–Trinajstić information content (AvgIpc) is 3.01. The number of hydrogen-bond acceptors (Lipinski definition) is 3. The van der Waals surface area contributed by atoms with Gasteiger partial charge in [0.2, 0.25) is 0 Å². The van der Waals surface area contributed by atoms with E-state index in [9.17, 15) is 0 Å². The van der Waals surface area contributed by atoms with Gasteiger partial charge in [-0.2, -0.15) is 0 Å². The molecule has 0 saturated heterocycles. The van der Waals surface area contributed by atoms with Gasteiger partial charge in [0.05, 0.1) is 13.8 Å². The Kier molecular flexibility index (Phi) is 4.36. The van der Waals surface area contributed by atoms with E-state index >= 15 is 0 Å². The molecule has 2 aromatic carbocycles. The minimum Gasteiger partial charge on any atom is -0.236 e. The highest BCUT2D eigenvalue weighted by molar-refractivity contribution is 7.19. The summed E-state index contributed by atoms with van der Waals surface area (Å²) in [6.07, 6.45) is 2.84. The Morgan fingerprint density at radius 1 is 1.00 bits per heavy atom. The van der Waals surface area contributed by atoms with Crippen LogP contribution in [0.2, 0.25) is 19.6 Å². The Bertz CT molecular complexity index is 1350. The lowest BCUT2D eigenvalue weighted by atomic mass is 9.69. The lowest BCUT2D eigenvalue weighted by Crippen LogP contribution is -2.45. The van der Waals surface area contributed by atoms with Gasteiger partial charge >= 0.3 is 0 Å². The van der Waals surface area contributed by atoms with Crippen LogP contribution in [0.3, 0.4) is 0 Å². The van der Waals surface area contributed by atoms with Crippen molar-refractivity contribution in [1.82, 2.24) is 9.97 Å². The minimum absolute atomic E-state index is 0.0779. The molecule has 31 heavy (non-hydrogen) atoms. The third-order valence-corrected chi connectivity index (χ3v) is 9.67. The van der Waals surface area contributed by atoms with Crippen molar-refractivity contribution in [3.8, 4) is 11.3 Å². The summed E-state index contributed by atoms with van der Waals surface area (Å²) < 4.78 is 0. The molecule has 0 unspecified atom stereocenters. The van der Waals surface area contributed by atoms with E-state index in [-0.39, 0.29) is 10.8 Å². The van der Waals surface area contributed by atoms with E-state index in [1.54, 1.807) is 11.5 Å². The standard InChI is InChI=1S/C27H32N2SSi/c1-26(2,3)14-19-22-20-23(28-15-29-25(20)30-19)18-13-16-11-9-10-12-17(16)24(31(6,7)8)21(18)27(22,4)5/h9-13,15H,14H2,1-8H3. The van der Waals surface area contributed by atoms with Gasteiger partial charge in [-0.15, -0.1) is 11.3 Å². The average molecular weight is 445 g/mol. The van der Waals surface area contributed by atoms with Crippen molar-refractivity contribution in [2.45, 2.75) is 66.1 Å². The van der Waals surface area contributed by atoms with Crippen LogP contribution in [0.4, 0.5) is 0 Å². The molecular weight excluding hydrogens is 412 g/mol. The van der Waals surface area contributed by atoms with Crippen molar-refractivity contribution in [3.63, 3.8) is 0 Å². The van der Waals surface area contributed by atoms with E-state index in [0.29, 0.717) is 0 Å². The minimum atomic E-state index is -1.65.